The van der Waals surface area contributed by atoms with E-state index >= 15 is 0 Å². The average Bonchev–Trinajstić information content (AvgIpc) is 2.99. The summed E-state index contributed by atoms with van der Waals surface area (Å²) in [5.74, 6) is -0.343. The molecule has 9 heteroatoms. The Bertz CT molecular complexity index is 921. The number of rotatable bonds is 31. The molecule has 0 rings (SSSR count). The third-order valence-corrected chi connectivity index (χ3v) is 7.83. The fraction of sp³-hybridized carbons (Fsp3) is 0.703. The van der Waals surface area contributed by atoms with E-state index in [1.165, 1.54) is 19.3 Å². The highest BCUT2D eigenvalue weighted by Crippen LogP contribution is 2.43. The molecule has 0 radical (unpaired) electrons. The summed E-state index contributed by atoms with van der Waals surface area (Å²) in [5.41, 5.74) is 0. The van der Waals surface area contributed by atoms with Gasteiger partial charge >= 0.3 is 13.8 Å². The Morgan fingerprint density at radius 3 is 1.85 bits per heavy atom. The first-order valence-electron chi connectivity index (χ1n) is 17.5. The Labute approximate surface area is 281 Å². The van der Waals surface area contributed by atoms with Gasteiger partial charge in [-0.05, 0) is 57.8 Å². The highest BCUT2D eigenvalue weighted by Gasteiger charge is 2.26. The summed E-state index contributed by atoms with van der Waals surface area (Å²) in [6.45, 7) is 5.29. The molecule has 0 aromatic heterocycles. The van der Waals surface area contributed by atoms with Crippen molar-refractivity contribution in [3.8, 4) is 0 Å². The van der Waals surface area contributed by atoms with Crippen LogP contribution in [0.1, 0.15) is 110 Å². The number of phosphoric ester groups is 1. The van der Waals surface area contributed by atoms with Gasteiger partial charge in [-0.1, -0.05) is 107 Å². The van der Waals surface area contributed by atoms with Crippen molar-refractivity contribution in [1.82, 2.24) is 0 Å². The molecule has 2 atom stereocenters. The van der Waals surface area contributed by atoms with E-state index in [2.05, 4.69) is 74.6 Å². The number of phosphoric acid groups is 1. The van der Waals surface area contributed by atoms with E-state index in [0.717, 1.165) is 70.6 Å². The average molecular weight is 669 g/mol. The van der Waals surface area contributed by atoms with Crippen LogP contribution in [-0.2, 0) is 27.9 Å². The summed E-state index contributed by atoms with van der Waals surface area (Å²) in [6.07, 6.45) is 35.7. The summed E-state index contributed by atoms with van der Waals surface area (Å²) in [5, 5.41) is 0. The number of unbranched alkanes of at least 4 members (excludes halogenated alkanes) is 7. The number of hydrogen-bond acceptors (Lipinski definition) is 6. The molecule has 0 saturated heterocycles. The van der Waals surface area contributed by atoms with Gasteiger partial charge in [0, 0.05) is 13.0 Å². The number of carbonyl (C=O) groups is 1. The minimum atomic E-state index is -4.27. The Kier molecular flexibility index (Phi) is 29.3. The number of ether oxygens (including phenoxy) is 2. The SMILES string of the molecule is CC/C=C\C/C=C\C/C=C\C/C=C\C/C=C\CCCCOCC(COP(=O)(O)OCC[N+](C)(C)C)OC(=O)CCCCCCCC. The zero-order chi connectivity index (χ0) is 34.2. The van der Waals surface area contributed by atoms with Gasteiger partial charge in [-0.25, -0.2) is 4.57 Å². The Morgan fingerprint density at radius 2 is 1.26 bits per heavy atom. The number of quaternary nitrogens is 1. The molecule has 0 aliphatic rings. The zero-order valence-corrected chi connectivity index (χ0v) is 30.7. The first-order chi connectivity index (χ1) is 22.1. The van der Waals surface area contributed by atoms with Gasteiger partial charge in [0.05, 0.1) is 34.4 Å². The fourth-order valence-electron chi connectivity index (χ4n) is 4.10. The van der Waals surface area contributed by atoms with E-state index in [0.29, 0.717) is 24.1 Å². The third kappa shape index (κ3) is 33.6. The zero-order valence-electron chi connectivity index (χ0n) is 29.8. The molecular formula is C37H67NO7P+. The summed E-state index contributed by atoms with van der Waals surface area (Å²) >= 11 is 0. The van der Waals surface area contributed by atoms with Gasteiger partial charge in [-0.2, -0.15) is 0 Å². The molecule has 0 heterocycles. The summed E-state index contributed by atoms with van der Waals surface area (Å²) in [6, 6.07) is 0. The van der Waals surface area contributed by atoms with Gasteiger partial charge in [-0.15, -0.1) is 0 Å². The van der Waals surface area contributed by atoms with E-state index in [1.807, 2.05) is 21.1 Å². The highest BCUT2D eigenvalue weighted by molar-refractivity contribution is 7.47. The summed E-state index contributed by atoms with van der Waals surface area (Å²) in [7, 11) is 1.62. The third-order valence-electron chi connectivity index (χ3n) is 6.84. The molecular weight excluding hydrogens is 601 g/mol. The number of allylic oxidation sites excluding steroid dienone is 10. The lowest BCUT2D eigenvalue weighted by Gasteiger charge is -2.24. The Morgan fingerprint density at radius 1 is 0.696 bits per heavy atom. The molecule has 0 spiro atoms. The standard InChI is InChI=1S/C37H66NO7P/c1-6-8-10-12-14-15-16-17-18-19-20-21-22-23-24-25-27-29-32-42-34-36(45-37(39)30-28-26-13-11-9-7-2)35-44-46(40,41)43-33-31-38(3,4)5/h8,10,14-15,17-18,20-21,23-24,36H,6-7,9,11-13,16,19,22,25-35H2,1-5H3/p+1/b10-8-,15-14-,18-17-,21-20-,24-23-. The van der Waals surface area contributed by atoms with Crippen molar-refractivity contribution in [3.63, 3.8) is 0 Å². The summed E-state index contributed by atoms with van der Waals surface area (Å²) in [4.78, 5) is 22.5. The van der Waals surface area contributed by atoms with Gasteiger partial charge in [0.15, 0.2) is 0 Å². The van der Waals surface area contributed by atoms with Gasteiger partial charge in [-0.3, -0.25) is 13.8 Å². The van der Waals surface area contributed by atoms with Crippen LogP contribution in [0.15, 0.2) is 60.8 Å². The van der Waals surface area contributed by atoms with Crippen LogP contribution in [-0.4, -0.2) is 75.6 Å². The maximum absolute atomic E-state index is 12.4. The molecule has 0 aromatic rings. The van der Waals surface area contributed by atoms with Crippen molar-refractivity contribution >= 4 is 13.8 Å². The molecule has 8 nitrogen and oxygen atoms in total. The fourth-order valence-corrected chi connectivity index (χ4v) is 4.85. The number of nitrogens with zero attached hydrogens (tertiary/aromatic N) is 1. The van der Waals surface area contributed by atoms with Crippen LogP contribution in [0.4, 0.5) is 0 Å². The lowest BCUT2D eigenvalue weighted by Crippen LogP contribution is -2.37. The number of carbonyl (C=O) groups excluding carboxylic acids is 1. The van der Waals surface area contributed by atoms with Crippen molar-refractivity contribution < 1.29 is 37.3 Å². The lowest BCUT2D eigenvalue weighted by atomic mass is 10.1. The van der Waals surface area contributed by atoms with E-state index in [9.17, 15) is 14.3 Å². The predicted octanol–water partition coefficient (Wildman–Crippen LogP) is 9.43. The second-order valence-electron chi connectivity index (χ2n) is 12.5. The lowest BCUT2D eigenvalue weighted by molar-refractivity contribution is -0.870. The van der Waals surface area contributed by atoms with Crippen LogP contribution >= 0.6 is 7.82 Å². The summed E-state index contributed by atoms with van der Waals surface area (Å²) < 4.78 is 34.5. The maximum atomic E-state index is 12.4. The number of esters is 1. The van der Waals surface area contributed by atoms with Crippen molar-refractivity contribution in [2.75, 3.05) is 54.1 Å². The first-order valence-corrected chi connectivity index (χ1v) is 19.0. The minimum Gasteiger partial charge on any atom is -0.457 e. The number of hydrogen-bond donors (Lipinski definition) is 1. The topological polar surface area (TPSA) is 91.3 Å². The quantitative estimate of drug-likeness (QED) is 0.0259. The monoisotopic (exact) mass is 668 g/mol. The van der Waals surface area contributed by atoms with Crippen LogP contribution in [0, 0.1) is 0 Å². The largest absolute Gasteiger partial charge is 0.472 e. The van der Waals surface area contributed by atoms with E-state index in [4.69, 9.17) is 18.5 Å². The van der Waals surface area contributed by atoms with Gasteiger partial charge in [0.25, 0.3) is 0 Å². The van der Waals surface area contributed by atoms with Crippen molar-refractivity contribution in [3.05, 3.63) is 60.8 Å². The molecule has 0 aromatic carbocycles. The van der Waals surface area contributed by atoms with E-state index in [1.54, 1.807) is 0 Å². The van der Waals surface area contributed by atoms with Crippen molar-refractivity contribution in [1.29, 1.82) is 0 Å². The van der Waals surface area contributed by atoms with Crippen LogP contribution in [0.3, 0.4) is 0 Å². The Balaban J connectivity index is 4.33. The second kappa shape index (κ2) is 30.5. The molecule has 1 N–H and O–H groups in total. The van der Waals surface area contributed by atoms with Crippen LogP contribution < -0.4 is 0 Å². The molecule has 46 heavy (non-hydrogen) atoms. The molecule has 0 aliphatic heterocycles. The van der Waals surface area contributed by atoms with Crippen LogP contribution in [0.2, 0.25) is 0 Å². The maximum Gasteiger partial charge on any atom is 0.472 e. The Hall–Kier alpha value is -1.80. The van der Waals surface area contributed by atoms with Crippen molar-refractivity contribution in [2.24, 2.45) is 0 Å². The predicted molar refractivity (Wildman–Crippen MR) is 192 cm³/mol. The molecule has 0 saturated carbocycles. The van der Waals surface area contributed by atoms with E-state index in [-0.39, 0.29) is 25.8 Å². The van der Waals surface area contributed by atoms with Crippen LogP contribution in [0.5, 0.6) is 0 Å². The van der Waals surface area contributed by atoms with Gasteiger partial charge < -0.3 is 18.9 Å². The number of likely N-dealkylation sites (N-methyl/N-ethyl adjacent to an activating group) is 1. The minimum absolute atomic E-state index is 0.0775. The van der Waals surface area contributed by atoms with Crippen LogP contribution in [0.25, 0.3) is 0 Å². The molecule has 0 aliphatic carbocycles. The molecule has 0 fully saturated rings. The first kappa shape index (κ1) is 44.2. The normalized spacial score (nSPS) is 14.8. The molecule has 2 unspecified atom stereocenters. The molecule has 0 amide bonds. The van der Waals surface area contributed by atoms with Gasteiger partial charge in [0.2, 0.25) is 0 Å². The molecule has 0 bridgehead atoms. The second-order valence-corrected chi connectivity index (χ2v) is 14.0. The van der Waals surface area contributed by atoms with Crippen molar-refractivity contribution in [2.45, 2.75) is 116 Å². The van der Waals surface area contributed by atoms with Gasteiger partial charge in [0.1, 0.15) is 19.3 Å². The smallest absolute Gasteiger partial charge is 0.457 e. The van der Waals surface area contributed by atoms with E-state index < -0.39 is 13.9 Å². The highest BCUT2D eigenvalue weighted by atomic mass is 31.2. The molecule has 266 valence electrons.